The van der Waals surface area contributed by atoms with Crippen LogP contribution in [0.15, 0.2) is 18.2 Å². The quantitative estimate of drug-likeness (QED) is 0.874. The fourth-order valence-corrected chi connectivity index (χ4v) is 2.74. The van der Waals surface area contributed by atoms with Crippen molar-refractivity contribution in [2.75, 3.05) is 12.4 Å². The molecule has 1 aliphatic rings. The minimum atomic E-state index is -0.916. The van der Waals surface area contributed by atoms with E-state index in [2.05, 4.69) is 19.2 Å². The van der Waals surface area contributed by atoms with Gasteiger partial charge in [-0.15, -0.1) is 0 Å². The number of hydrogen-bond acceptors (Lipinski definition) is 3. The molecule has 1 atom stereocenters. The number of aromatic carboxylic acids is 1. The molecule has 1 fully saturated rings. The van der Waals surface area contributed by atoms with Gasteiger partial charge in [0, 0.05) is 12.1 Å². The summed E-state index contributed by atoms with van der Waals surface area (Å²) in [5.41, 5.74) is 1.13. The molecule has 0 aromatic heterocycles. The van der Waals surface area contributed by atoms with Crippen molar-refractivity contribution >= 4 is 11.7 Å². The second-order valence-electron chi connectivity index (χ2n) is 5.79. The van der Waals surface area contributed by atoms with Crippen molar-refractivity contribution in [1.82, 2.24) is 0 Å². The van der Waals surface area contributed by atoms with E-state index < -0.39 is 5.97 Å². The first kappa shape index (κ1) is 13.7. The molecule has 0 amide bonds. The Morgan fingerprint density at radius 3 is 2.74 bits per heavy atom. The predicted octanol–water partition coefficient (Wildman–Crippen LogP) is 3.38. The van der Waals surface area contributed by atoms with Crippen LogP contribution >= 0.6 is 0 Å². The summed E-state index contributed by atoms with van der Waals surface area (Å²) in [6.07, 6.45) is 3.41. The smallest absolute Gasteiger partial charge is 0.337 e. The Morgan fingerprint density at radius 1 is 1.47 bits per heavy atom. The normalized spacial score (nSPS) is 21.1. The van der Waals surface area contributed by atoms with Crippen LogP contribution in [0.1, 0.15) is 43.5 Å². The maximum absolute atomic E-state index is 11.3. The highest BCUT2D eigenvalue weighted by Gasteiger charge is 2.34. The molecule has 4 nitrogen and oxygen atoms in total. The Kier molecular flexibility index (Phi) is 3.69. The molecule has 2 rings (SSSR count). The molecule has 0 spiro atoms. The Balaban J connectivity index is 2.29. The van der Waals surface area contributed by atoms with Gasteiger partial charge in [0.25, 0.3) is 0 Å². The van der Waals surface area contributed by atoms with Crippen LogP contribution in [0.2, 0.25) is 0 Å². The van der Waals surface area contributed by atoms with E-state index in [1.54, 1.807) is 25.3 Å². The summed E-state index contributed by atoms with van der Waals surface area (Å²) >= 11 is 0. The summed E-state index contributed by atoms with van der Waals surface area (Å²) < 4.78 is 5.17. The minimum Gasteiger partial charge on any atom is -0.497 e. The molecule has 0 aliphatic heterocycles. The van der Waals surface area contributed by atoms with Crippen molar-refractivity contribution in [2.45, 2.75) is 39.2 Å². The Labute approximate surface area is 113 Å². The molecule has 1 unspecified atom stereocenters. The number of carboxylic acid groups (broad SMARTS) is 1. The largest absolute Gasteiger partial charge is 0.497 e. The van der Waals surface area contributed by atoms with Gasteiger partial charge in [-0.1, -0.05) is 20.3 Å². The standard InChI is InChI=1S/C15H21NO3/c1-15(2)8-4-5-13(15)16-12-9-10(19-3)6-7-11(12)14(17)18/h6-7,9,13,16H,4-5,8H2,1-3H3,(H,17,18). The number of benzene rings is 1. The lowest BCUT2D eigenvalue weighted by Gasteiger charge is -2.29. The molecule has 0 bridgehead atoms. The van der Waals surface area contributed by atoms with E-state index in [4.69, 9.17) is 4.74 Å². The van der Waals surface area contributed by atoms with Crippen LogP contribution in [0.5, 0.6) is 5.75 Å². The van der Waals surface area contributed by atoms with Crippen LogP contribution < -0.4 is 10.1 Å². The molecule has 0 saturated heterocycles. The Hall–Kier alpha value is -1.71. The summed E-state index contributed by atoms with van der Waals surface area (Å²) in [5.74, 6) is -0.246. The lowest BCUT2D eigenvalue weighted by molar-refractivity contribution is 0.0697. The molecule has 104 valence electrons. The highest BCUT2D eigenvalue weighted by atomic mass is 16.5. The van der Waals surface area contributed by atoms with Crippen LogP contribution in [0, 0.1) is 5.41 Å². The van der Waals surface area contributed by atoms with Crippen molar-refractivity contribution in [3.8, 4) is 5.75 Å². The molecule has 1 aromatic carbocycles. The molecule has 0 radical (unpaired) electrons. The van der Waals surface area contributed by atoms with E-state index in [0.29, 0.717) is 23.0 Å². The average molecular weight is 263 g/mol. The molecular weight excluding hydrogens is 242 g/mol. The van der Waals surface area contributed by atoms with E-state index in [1.807, 2.05) is 0 Å². The zero-order chi connectivity index (χ0) is 14.0. The fourth-order valence-electron chi connectivity index (χ4n) is 2.74. The van der Waals surface area contributed by atoms with Gasteiger partial charge >= 0.3 is 5.97 Å². The zero-order valence-electron chi connectivity index (χ0n) is 11.7. The van der Waals surface area contributed by atoms with Gasteiger partial charge in [-0.05, 0) is 30.4 Å². The third kappa shape index (κ3) is 2.83. The van der Waals surface area contributed by atoms with Crippen molar-refractivity contribution < 1.29 is 14.6 Å². The lowest BCUT2D eigenvalue weighted by Crippen LogP contribution is -2.31. The van der Waals surface area contributed by atoms with Crippen molar-refractivity contribution in [3.63, 3.8) is 0 Å². The highest BCUT2D eigenvalue weighted by Crippen LogP contribution is 2.39. The SMILES string of the molecule is COc1ccc(C(=O)O)c(NC2CCCC2(C)C)c1. The molecule has 0 heterocycles. The average Bonchev–Trinajstić information content (AvgIpc) is 2.68. The van der Waals surface area contributed by atoms with Gasteiger partial charge in [-0.25, -0.2) is 4.79 Å². The van der Waals surface area contributed by atoms with Crippen LogP contribution in [0.4, 0.5) is 5.69 Å². The van der Waals surface area contributed by atoms with Gasteiger partial charge in [0.05, 0.1) is 18.4 Å². The van der Waals surface area contributed by atoms with Crippen LogP contribution in [-0.4, -0.2) is 24.2 Å². The fraction of sp³-hybridized carbons (Fsp3) is 0.533. The molecule has 1 saturated carbocycles. The summed E-state index contributed by atoms with van der Waals surface area (Å²) in [7, 11) is 1.58. The monoisotopic (exact) mass is 263 g/mol. The summed E-state index contributed by atoms with van der Waals surface area (Å²) in [5, 5.41) is 12.6. The molecule has 4 heteroatoms. The number of hydrogen-bond donors (Lipinski definition) is 2. The highest BCUT2D eigenvalue weighted by molar-refractivity contribution is 5.94. The number of methoxy groups -OCH3 is 1. The molecule has 2 N–H and O–H groups in total. The van der Waals surface area contributed by atoms with Crippen LogP contribution in [-0.2, 0) is 0 Å². The zero-order valence-corrected chi connectivity index (χ0v) is 11.7. The third-order valence-electron chi connectivity index (χ3n) is 4.04. The second kappa shape index (κ2) is 5.11. The van der Waals surface area contributed by atoms with Crippen molar-refractivity contribution in [1.29, 1.82) is 0 Å². The predicted molar refractivity (Wildman–Crippen MR) is 75.0 cm³/mol. The van der Waals surface area contributed by atoms with Gasteiger partial charge < -0.3 is 15.2 Å². The maximum Gasteiger partial charge on any atom is 0.337 e. The Morgan fingerprint density at radius 2 is 2.21 bits per heavy atom. The van der Waals surface area contributed by atoms with E-state index in [-0.39, 0.29) is 5.41 Å². The number of rotatable bonds is 4. The second-order valence-corrected chi connectivity index (χ2v) is 5.79. The summed E-state index contributed by atoms with van der Waals surface area (Å²) in [6, 6.07) is 5.33. The van der Waals surface area contributed by atoms with Crippen LogP contribution in [0.25, 0.3) is 0 Å². The number of nitrogens with one attached hydrogen (secondary N) is 1. The van der Waals surface area contributed by atoms with Gasteiger partial charge in [0.2, 0.25) is 0 Å². The van der Waals surface area contributed by atoms with Gasteiger partial charge in [-0.3, -0.25) is 0 Å². The number of carboxylic acids is 1. The molecule has 1 aromatic rings. The number of anilines is 1. The third-order valence-corrected chi connectivity index (χ3v) is 4.04. The molecular formula is C15H21NO3. The lowest BCUT2D eigenvalue weighted by atomic mass is 9.87. The minimum absolute atomic E-state index is 0.193. The summed E-state index contributed by atoms with van der Waals surface area (Å²) in [4.78, 5) is 11.3. The molecule has 19 heavy (non-hydrogen) atoms. The van der Waals surface area contributed by atoms with Gasteiger partial charge in [-0.2, -0.15) is 0 Å². The van der Waals surface area contributed by atoms with Crippen LogP contribution in [0.3, 0.4) is 0 Å². The molecule has 1 aliphatic carbocycles. The maximum atomic E-state index is 11.3. The van der Waals surface area contributed by atoms with E-state index in [0.717, 1.165) is 12.8 Å². The van der Waals surface area contributed by atoms with E-state index in [1.165, 1.54) is 6.42 Å². The van der Waals surface area contributed by atoms with Gasteiger partial charge in [0.1, 0.15) is 5.75 Å². The first-order valence-corrected chi connectivity index (χ1v) is 6.62. The van der Waals surface area contributed by atoms with Gasteiger partial charge in [0.15, 0.2) is 0 Å². The first-order valence-electron chi connectivity index (χ1n) is 6.62. The summed E-state index contributed by atoms with van der Waals surface area (Å²) in [6.45, 7) is 4.44. The van der Waals surface area contributed by atoms with E-state index >= 15 is 0 Å². The van der Waals surface area contributed by atoms with E-state index in [9.17, 15) is 9.90 Å². The topological polar surface area (TPSA) is 58.6 Å². The number of ether oxygens (including phenoxy) is 1. The van der Waals surface area contributed by atoms with Crippen molar-refractivity contribution in [3.05, 3.63) is 23.8 Å². The van der Waals surface area contributed by atoms with Crippen molar-refractivity contribution in [2.24, 2.45) is 5.41 Å². The Bertz CT molecular complexity index is 482. The first-order chi connectivity index (χ1) is 8.94. The number of carbonyl (C=O) groups is 1.